The predicted molar refractivity (Wildman–Crippen MR) is 91.8 cm³/mol. The third-order valence-corrected chi connectivity index (χ3v) is 4.29. The number of hydrogen-bond donors (Lipinski definition) is 0. The molecule has 0 radical (unpaired) electrons. The van der Waals surface area contributed by atoms with Gasteiger partial charge in [-0.05, 0) is 48.5 Å². The van der Waals surface area contributed by atoms with Gasteiger partial charge in [0.25, 0.3) is 0 Å². The summed E-state index contributed by atoms with van der Waals surface area (Å²) in [5, 5.41) is 9.52. The normalized spacial score (nSPS) is 10.4. The molecule has 0 saturated carbocycles. The molecule has 0 fully saturated rings. The number of nitriles is 1. The van der Waals surface area contributed by atoms with Gasteiger partial charge < -0.3 is 4.74 Å². The van der Waals surface area contributed by atoms with Crippen molar-refractivity contribution in [3.63, 3.8) is 0 Å². The first kappa shape index (κ1) is 16.1. The quantitative estimate of drug-likeness (QED) is 0.650. The Morgan fingerprint density at radius 2 is 1.88 bits per heavy atom. The number of hydrogen-bond acceptors (Lipinski definition) is 4. The third-order valence-electron chi connectivity index (χ3n) is 3.47. The van der Waals surface area contributed by atoms with Gasteiger partial charge in [0.05, 0.1) is 30.8 Å². The van der Waals surface area contributed by atoms with Crippen molar-refractivity contribution in [2.75, 3.05) is 12.9 Å². The molecule has 1 heterocycles. The number of ether oxygens (including phenoxy) is 1. The molecule has 120 valence electrons. The van der Waals surface area contributed by atoms with Crippen LogP contribution >= 0.6 is 11.8 Å². The molecule has 1 aromatic heterocycles. The van der Waals surface area contributed by atoms with Crippen molar-refractivity contribution in [2.45, 2.75) is 5.16 Å². The van der Waals surface area contributed by atoms with E-state index in [1.54, 1.807) is 25.4 Å². The molecule has 0 spiro atoms. The molecule has 4 nitrogen and oxygen atoms in total. The monoisotopic (exact) mass is 339 g/mol. The largest absolute Gasteiger partial charge is 0.497 e. The van der Waals surface area contributed by atoms with Crippen LogP contribution in [0.25, 0.3) is 16.9 Å². The number of methoxy groups -OCH3 is 1. The molecule has 6 heteroatoms. The van der Waals surface area contributed by atoms with Gasteiger partial charge in [-0.2, -0.15) is 5.26 Å². The van der Waals surface area contributed by atoms with Gasteiger partial charge in [-0.1, -0.05) is 11.8 Å². The summed E-state index contributed by atoms with van der Waals surface area (Å²) < 4.78 is 20.4. The molecule has 0 aliphatic heterocycles. The molecule has 24 heavy (non-hydrogen) atoms. The van der Waals surface area contributed by atoms with E-state index in [0.717, 1.165) is 22.7 Å². The molecule has 0 atom stereocenters. The number of halogens is 1. The van der Waals surface area contributed by atoms with Crippen LogP contribution in [-0.4, -0.2) is 22.4 Å². The van der Waals surface area contributed by atoms with Gasteiger partial charge in [-0.3, -0.25) is 4.57 Å². The van der Waals surface area contributed by atoms with Crippen LogP contribution in [0.2, 0.25) is 0 Å². The fraction of sp³-hybridized carbons (Fsp3) is 0.111. The molecule has 0 N–H and O–H groups in total. The van der Waals surface area contributed by atoms with Gasteiger partial charge >= 0.3 is 0 Å². The minimum Gasteiger partial charge on any atom is -0.497 e. The van der Waals surface area contributed by atoms with Crippen molar-refractivity contribution < 1.29 is 9.13 Å². The zero-order valence-electron chi connectivity index (χ0n) is 12.9. The first-order chi connectivity index (χ1) is 11.7. The van der Waals surface area contributed by atoms with Crippen LogP contribution in [0.4, 0.5) is 4.39 Å². The molecule has 0 saturated heterocycles. The summed E-state index contributed by atoms with van der Waals surface area (Å²) in [4.78, 5) is 4.42. The maximum Gasteiger partial charge on any atom is 0.174 e. The van der Waals surface area contributed by atoms with Crippen LogP contribution in [0.15, 0.2) is 59.9 Å². The Bertz CT molecular complexity index is 867. The van der Waals surface area contributed by atoms with Crippen LogP contribution in [0.1, 0.15) is 0 Å². The van der Waals surface area contributed by atoms with Gasteiger partial charge in [0.1, 0.15) is 11.6 Å². The van der Waals surface area contributed by atoms with Crippen LogP contribution in [0, 0.1) is 17.1 Å². The van der Waals surface area contributed by atoms with E-state index in [1.807, 2.05) is 28.8 Å². The van der Waals surface area contributed by atoms with E-state index in [2.05, 4.69) is 11.1 Å². The standard InChI is InChI=1S/C18H14FN3OS/c1-23-16-8-2-13(3-9-16)17-12-21-18(24-11-10-20)22(17)15-6-4-14(19)5-7-15/h2-9,12H,11H2,1H3. The first-order valence-electron chi connectivity index (χ1n) is 7.21. The highest BCUT2D eigenvalue weighted by Gasteiger charge is 2.14. The fourth-order valence-corrected chi connectivity index (χ4v) is 2.99. The lowest BCUT2D eigenvalue weighted by Crippen LogP contribution is -1.99. The fourth-order valence-electron chi connectivity index (χ4n) is 2.34. The van der Waals surface area contributed by atoms with Crippen molar-refractivity contribution in [1.82, 2.24) is 9.55 Å². The van der Waals surface area contributed by atoms with E-state index in [0.29, 0.717) is 10.9 Å². The summed E-state index contributed by atoms with van der Waals surface area (Å²) in [6, 6.07) is 15.9. The summed E-state index contributed by atoms with van der Waals surface area (Å²) in [7, 11) is 1.62. The van der Waals surface area contributed by atoms with Crippen molar-refractivity contribution >= 4 is 11.8 Å². The maximum absolute atomic E-state index is 13.3. The summed E-state index contributed by atoms with van der Waals surface area (Å²) >= 11 is 1.34. The van der Waals surface area contributed by atoms with Gasteiger partial charge in [-0.15, -0.1) is 0 Å². The molecule has 3 rings (SSSR count). The highest BCUT2D eigenvalue weighted by atomic mass is 32.2. The number of aromatic nitrogens is 2. The second-order valence-electron chi connectivity index (χ2n) is 4.91. The van der Waals surface area contributed by atoms with E-state index < -0.39 is 0 Å². The molecule has 0 bridgehead atoms. The zero-order chi connectivity index (χ0) is 16.9. The number of thioether (sulfide) groups is 1. The number of rotatable bonds is 5. The van der Waals surface area contributed by atoms with E-state index in [1.165, 1.54) is 23.9 Å². The van der Waals surface area contributed by atoms with Crippen molar-refractivity contribution in [1.29, 1.82) is 5.26 Å². The van der Waals surface area contributed by atoms with Gasteiger partial charge in [0.15, 0.2) is 5.16 Å². The van der Waals surface area contributed by atoms with E-state index in [9.17, 15) is 4.39 Å². The molecule has 0 aliphatic rings. The predicted octanol–water partition coefficient (Wildman–Crippen LogP) is 4.30. The van der Waals surface area contributed by atoms with Crippen molar-refractivity contribution in [3.8, 4) is 28.8 Å². The Hall–Kier alpha value is -2.78. The number of benzene rings is 2. The molecule has 0 aliphatic carbocycles. The third kappa shape index (κ3) is 3.26. The van der Waals surface area contributed by atoms with Gasteiger partial charge in [0.2, 0.25) is 0 Å². The Labute approximate surface area is 143 Å². The minimum absolute atomic E-state index is 0.292. The summed E-state index contributed by atoms with van der Waals surface area (Å²) in [6.07, 6.45) is 1.75. The zero-order valence-corrected chi connectivity index (χ0v) is 13.8. The van der Waals surface area contributed by atoms with E-state index in [-0.39, 0.29) is 5.82 Å². The highest BCUT2D eigenvalue weighted by molar-refractivity contribution is 7.99. The van der Waals surface area contributed by atoms with Crippen LogP contribution in [-0.2, 0) is 0 Å². The topological polar surface area (TPSA) is 50.8 Å². The van der Waals surface area contributed by atoms with Crippen LogP contribution in [0.5, 0.6) is 5.75 Å². The lowest BCUT2D eigenvalue weighted by Gasteiger charge is -2.12. The SMILES string of the molecule is COc1ccc(-c2cnc(SCC#N)n2-c2ccc(F)cc2)cc1. The average molecular weight is 339 g/mol. The summed E-state index contributed by atoms with van der Waals surface area (Å²) in [5.74, 6) is 0.766. The molecule has 0 amide bonds. The average Bonchev–Trinajstić information content (AvgIpc) is 3.04. The van der Waals surface area contributed by atoms with Gasteiger partial charge in [0, 0.05) is 11.3 Å². The second kappa shape index (κ2) is 7.20. The lowest BCUT2D eigenvalue weighted by atomic mass is 10.1. The molecular weight excluding hydrogens is 325 g/mol. The molecular formula is C18H14FN3OS. The van der Waals surface area contributed by atoms with Crippen LogP contribution < -0.4 is 4.74 Å². The maximum atomic E-state index is 13.3. The molecule has 3 aromatic rings. The highest BCUT2D eigenvalue weighted by Crippen LogP contribution is 2.30. The lowest BCUT2D eigenvalue weighted by molar-refractivity contribution is 0.415. The Balaban J connectivity index is 2.09. The summed E-state index contributed by atoms with van der Waals surface area (Å²) in [6.45, 7) is 0. The molecule has 0 unspecified atom stereocenters. The number of nitrogens with zero attached hydrogens (tertiary/aromatic N) is 3. The minimum atomic E-state index is -0.295. The number of imidazole rings is 1. The Kier molecular flexibility index (Phi) is 4.82. The smallest absolute Gasteiger partial charge is 0.174 e. The first-order valence-corrected chi connectivity index (χ1v) is 8.19. The van der Waals surface area contributed by atoms with E-state index >= 15 is 0 Å². The van der Waals surface area contributed by atoms with Gasteiger partial charge in [-0.25, -0.2) is 9.37 Å². The summed E-state index contributed by atoms with van der Waals surface area (Å²) in [5.41, 5.74) is 2.61. The second-order valence-corrected chi connectivity index (χ2v) is 5.86. The van der Waals surface area contributed by atoms with Crippen LogP contribution in [0.3, 0.4) is 0 Å². The van der Waals surface area contributed by atoms with Crippen molar-refractivity contribution in [3.05, 3.63) is 60.5 Å². The molecule has 2 aromatic carbocycles. The Morgan fingerprint density at radius 1 is 1.17 bits per heavy atom. The van der Waals surface area contributed by atoms with E-state index in [4.69, 9.17) is 10.00 Å². The van der Waals surface area contributed by atoms with Crippen molar-refractivity contribution in [2.24, 2.45) is 0 Å². The Morgan fingerprint density at radius 3 is 2.50 bits per heavy atom.